The average Bonchev–Trinajstić information content (AvgIpc) is 2.68. The van der Waals surface area contributed by atoms with E-state index >= 15 is 0 Å². The van der Waals surface area contributed by atoms with Crippen molar-refractivity contribution >= 4 is 5.95 Å². The SMILES string of the molecule is CCCCC1CCC(c2nnc(N)n2N)CC1. The Labute approximate surface area is 103 Å². The number of hydrogen-bond acceptors (Lipinski definition) is 4. The van der Waals surface area contributed by atoms with Crippen LogP contribution in [0.2, 0.25) is 0 Å². The summed E-state index contributed by atoms with van der Waals surface area (Å²) in [6.07, 6.45) is 8.95. The number of nitrogens with zero attached hydrogens (tertiary/aromatic N) is 3. The summed E-state index contributed by atoms with van der Waals surface area (Å²) < 4.78 is 1.44. The number of nitrogen functional groups attached to an aromatic ring is 2. The van der Waals surface area contributed by atoms with Crippen LogP contribution in [-0.2, 0) is 0 Å². The molecular weight excluding hydrogens is 214 g/mol. The fourth-order valence-corrected chi connectivity index (χ4v) is 2.80. The van der Waals surface area contributed by atoms with Gasteiger partial charge in [0.05, 0.1) is 0 Å². The normalized spacial score (nSPS) is 25.0. The van der Waals surface area contributed by atoms with E-state index in [1.165, 1.54) is 49.6 Å². The molecular formula is C12H23N5. The Kier molecular flexibility index (Phi) is 3.86. The molecule has 0 radical (unpaired) electrons. The van der Waals surface area contributed by atoms with Crippen molar-refractivity contribution in [3.05, 3.63) is 5.82 Å². The molecule has 4 N–H and O–H groups in total. The molecule has 0 spiro atoms. The molecule has 0 amide bonds. The van der Waals surface area contributed by atoms with Gasteiger partial charge in [0.15, 0.2) is 5.82 Å². The Morgan fingerprint density at radius 2 is 1.94 bits per heavy atom. The van der Waals surface area contributed by atoms with Gasteiger partial charge >= 0.3 is 0 Å². The molecule has 2 rings (SSSR count). The zero-order valence-corrected chi connectivity index (χ0v) is 10.6. The number of unbranched alkanes of at least 4 members (excludes halogenated alkanes) is 1. The molecule has 1 aliphatic carbocycles. The van der Waals surface area contributed by atoms with Gasteiger partial charge < -0.3 is 11.6 Å². The summed E-state index contributed by atoms with van der Waals surface area (Å²) >= 11 is 0. The van der Waals surface area contributed by atoms with Gasteiger partial charge in [-0.05, 0) is 31.6 Å². The Balaban J connectivity index is 1.89. The van der Waals surface area contributed by atoms with Crippen molar-refractivity contribution in [1.29, 1.82) is 0 Å². The second-order valence-electron chi connectivity index (χ2n) is 5.15. The fourth-order valence-electron chi connectivity index (χ4n) is 2.80. The zero-order chi connectivity index (χ0) is 12.3. The largest absolute Gasteiger partial charge is 0.366 e. The second kappa shape index (κ2) is 5.38. The van der Waals surface area contributed by atoms with Gasteiger partial charge in [-0.3, -0.25) is 0 Å². The van der Waals surface area contributed by atoms with Gasteiger partial charge in [0, 0.05) is 5.92 Å². The van der Waals surface area contributed by atoms with Crippen molar-refractivity contribution in [3.63, 3.8) is 0 Å². The van der Waals surface area contributed by atoms with Crippen molar-refractivity contribution in [2.24, 2.45) is 5.92 Å². The minimum absolute atomic E-state index is 0.313. The summed E-state index contributed by atoms with van der Waals surface area (Å²) in [5.74, 6) is 8.33. The number of aromatic nitrogens is 3. The van der Waals surface area contributed by atoms with E-state index in [4.69, 9.17) is 11.6 Å². The third-order valence-electron chi connectivity index (χ3n) is 3.93. The van der Waals surface area contributed by atoms with E-state index in [1.807, 2.05) is 0 Å². The van der Waals surface area contributed by atoms with Crippen LogP contribution >= 0.6 is 0 Å². The molecule has 0 atom stereocenters. The minimum Gasteiger partial charge on any atom is -0.366 e. The van der Waals surface area contributed by atoms with Crippen LogP contribution in [0, 0.1) is 5.92 Å². The summed E-state index contributed by atoms with van der Waals surface area (Å²) in [6.45, 7) is 2.26. The van der Waals surface area contributed by atoms with E-state index in [0.717, 1.165) is 11.7 Å². The van der Waals surface area contributed by atoms with Crippen molar-refractivity contribution in [2.75, 3.05) is 11.6 Å². The lowest BCUT2D eigenvalue weighted by molar-refractivity contribution is 0.296. The molecule has 1 aromatic heterocycles. The molecule has 0 aromatic carbocycles. The standard InChI is InChI=1S/C12H23N5/c1-2-3-4-9-5-7-10(8-6-9)11-15-16-12(13)17(11)14/h9-10H,2-8,14H2,1H3,(H2,13,16). The lowest BCUT2D eigenvalue weighted by Gasteiger charge is -2.27. The molecule has 0 aliphatic heterocycles. The Morgan fingerprint density at radius 1 is 1.24 bits per heavy atom. The lowest BCUT2D eigenvalue weighted by Crippen LogP contribution is -2.21. The number of rotatable bonds is 4. The first kappa shape index (κ1) is 12.2. The van der Waals surface area contributed by atoms with Crippen molar-refractivity contribution < 1.29 is 0 Å². The van der Waals surface area contributed by atoms with E-state index in [2.05, 4.69) is 17.1 Å². The smallest absolute Gasteiger partial charge is 0.240 e. The predicted molar refractivity (Wildman–Crippen MR) is 68.8 cm³/mol. The van der Waals surface area contributed by atoms with E-state index in [9.17, 15) is 0 Å². The monoisotopic (exact) mass is 237 g/mol. The van der Waals surface area contributed by atoms with E-state index in [1.54, 1.807) is 0 Å². The maximum Gasteiger partial charge on any atom is 0.240 e. The van der Waals surface area contributed by atoms with Crippen LogP contribution in [0.5, 0.6) is 0 Å². The van der Waals surface area contributed by atoms with E-state index in [-0.39, 0.29) is 0 Å². The summed E-state index contributed by atoms with van der Waals surface area (Å²) in [5.41, 5.74) is 5.60. The highest BCUT2D eigenvalue weighted by molar-refractivity contribution is 5.19. The summed E-state index contributed by atoms with van der Waals surface area (Å²) in [5, 5.41) is 7.91. The van der Waals surface area contributed by atoms with Crippen LogP contribution < -0.4 is 11.6 Å². The molecule has 1 saturated carbocycles. The predicted octanol–water partition coefficient (Wildman–Crippen LogP) is 2.04. The highest BCUT2D eigenvalue weighted by Crippen LogP contribution is 2.36. The Hall–Kier alpha value is -1.26. The molecule has 1 heterocycles. The molecule has 1 aromatic rings. The minimum atomic E-state index is 0.313. The zero-order valence-electron chi connectivity index (χ0n) is 10.6. The molecule has 5 nitrogen and oxygen atoms in total. The van der Waals surface area contributed by atoms with E-state index in [0.29, 0.717) is 11.9 Å². The van der Waals surface area contributed by atoms with Gasteiger partial charge in [0.25, 0.3) is 0 Å². The van der Waals surface area contributed by atoms with Gasteiger partial charge in [0.1, 0.15) is 0 Å². The number of anilines is 1. The number of hydrogen-bond donors (Lipinski definition) is 2. The van der Waals surface area contributed by atoms with Crippen molar-refractivity contribution in [3.8, 4) is 0 Å². The topological polar surface area (TPSA) is 82.8 Å². The first-order chi connectivity index (χ1) is 8.22. The highest BCUT2D eigenvalue weighted by Gasteiger charge is 2.25. The lowest BCUT2D eigenvalue weighted by atomic mass is 9.79. The molecule has 5 heteroatoms. The first-order valence-electron chi connectivity index (χ1n) is 6.68. The van der Waals surface area contributed by atoms with Crippen LogP contribution in [0.25, 0.3) is 0 Å². The van der Waals surface area contributed by atoms with Crippen LogP contribution in [-0.4, -0.2) is 14.9 Å². The summed E-state index contributed by atoms with van der Waals surface area (Å²) in [4.78, 5) is 0. The van der Waals surface area contributed by atoms with Crippen LogP contribution in [0.3, 0.4) is 0 Å². The maximum absolute atomic E-state index is 5.81. The van der Waals surface area contributed by atoms with Gasteiger partial charge in [-0.15, -0.1) is 10.2 Å². The van der Waals surface area contributed by atoms with Crippen LogP contribution in [0.4, 0.5) is 5.95 Å². The first-order valence-corrected chi connectivity index (χ1v) is 6.68. The van der Waals surface area contributed by atoms with Crippen LogP contribution in [0.1, 0.15) is 63.6 Å². The third-order valence-corrected chi connectivity index (χ3v) is 3.93. The quantitative estimate of drug-likeness (QED) is 0.785. The Morgan fingerprint density at radius 3 is 2.47 bits per heavy atom. The molecule has 17 heavy (non-hydrogen) atoms. The van der Waals surface area contributed by atoms with E-state index < -0.39 is 0 Å². The summed E-state index contributed by atoms with van der Waals surface area (Å²) in [7, 11) is 0. The fraction of sp³-hybridized carbons (Fsp3) is 0.833. The summed E-state index contributed by atoms with van der Waals surface area (Å²) in [6, 6.07) is 0. The molecule has 0 bridgehead atoms. The molecule has 1 aliphatic rings. The van der Waals surface area contributed by atoms with Crippen molar-refractivity contribution in [1.82, 2.24) is 14.9 Å². The molecule has 0 saturated heterocycles. The maximum atomic E-state index is 5.81. The third kappa shape index (κ3) is 2.70. The Bertz CT molecular complexity index is 352. The van der Waals surface area contributed by atoms with Gasteiger partial charge in [0.2, 0.25) is 5.95 Å². The molecule has 1 fully saturated rings. The molecule has 0 unspecified atom stereocenters. The highest BCUT2D eigenvalue weighted by atomic mass is 15.4. The molecule has 96 valence electrons. The second-order valence-corrected chi connectivity index (χ2v) is 5.15. The van der Waals surface area contributed by atoms with Gasteiger partial charge in [-0.1, -0.05) is 26.2 Å². The van der Waals surface area contributed by atoms with Gasteiger partial charge in [-0.25, -0.2) is 4.68 Å². The van der Waals surface area contributed by atoms with Crippen molar-refractivity contribution in [2.45, 2.75) is 57.8 Å². The van der Waals surface area contributed by atoms with Crippen LogP contribution in [0.15, 0.2) is 0 Å². The number of nitrogens with two attached hydrogens (primary N) is 2. The van der Waals surface area contributed by atoms with Gasteiger partial charge in [-0.2, -0.15) is 0 Å². The average molecular weight is 237 g/mol.